The van der Waals surface area contributed by atoms with E-state index in [2.05, 4.69) is 25.2 Å². The van der Waals surface area contributed by atoms with E-state index in [1.165, 1.54) is 12.1 Å². The van der Waals surface area contributed by atoms with Crippen molar-refractivity contribution in [2.45, 2.75) is 52.9 Å². The number of allylic oxidation sites excluding steroid dienone is 2. The first-order chi connectivity index (χ1) is 9.43. The number of fused-ring (bicyclic) bond motifs is 3. The van der Waals surface area contributed by atoms with E-state index in [-0.39, 0.29) is 17.2 Å². The van der Waals surface area contributed by atoms with Gasteiger partial charge >= 0.3 is 0 Å². The van der Waals surface area contributed by atoms with E-state index in [1.54, 1.807) is 6.92 Å². The minimum Gasteiger partial charge on any atom is -0.330 e. The highest BCUT2D eigenvalue weighted by Crippen LogP contribution is 2.60. The summed E-state index contributed by atoms with van der Waals surface area (Å²) < 4.78 is 0. The summed E-state index contributed by atoms with van der Waals surface area (Å²) in [4.78, 5) is 23.4. The molecule has 1 amide bonds. The molecule has 0 aromatic carbocycles. The van der Waals surface area contributed by atoms with Crippen LogP contribution in [0.3, 0.4) is 0 Å². The van der Waals surface area contributed by atoms with Crippen LogP contribution in [0.25, 0.3) is 0 Å². The number of carbonyl (C=O) groups excluding carboxylic acids is 2. The first-order valence-corrected chi connectivity index (χ1v) is 7.94. The van der Waals surface area contributed by atoms with E-state index in [0.29, 0.717) is 30.0 Å². The first kappa shape index (κ1) is 13.8. The predicted octanol–water partition coefficient (Wildman–Crippen LogP) is 3.06. The van der Waals surface area contributed by atoms with Crippen molar-refractivity contribution in [1.29, 1.82) is 0 Å². The van der Waals surface area contributed by atoms with E-state index >= 15 is 0 Å². The molecule has 2 aliphatic carbocycles. The molecule has 0 aromatic heterocycles. The van der Waals surface area contributed by atoms with Crippen LogP contribution in [0.5, 0.6) is 0 Å². The highest BCUT2D eigenvalue weighted by molar-refractivity contribution is 5.79. The Labute approximate surface area is 121 Å². The summed E-state index contributed by atoms with van der Waals surface area (Å²) >= 11 is 0. The highest BCUT2D eigenvalue weighted by atomic mass is 16.1. The van der Waals surface area contributed by atoms with Gasteiger partial charge in [-0.25, -0.2) is 0 Å². The average molecular weight is 275 g/mol. The number of hydrogen-bond acceptors (Lipinski definition) is 2. The van der Waals surface area contributed by atoms with Crippen molar-refractivity contribution < 1.29 is 9.59 Å². The van der Waals surface area contributed by atoms with Crippen LogP contribution in [-0.2, 0) is 9.59 Å². The number of Topliss-reactive ketones (excluding diaryl/α,β-unsaturated/α-hetero) is 1. The fourth-order valence-electron chi connectivity index (χ4n) is 5.07. The SMILES string of the molecule is CC(=O)C(C)C1CCC2C3CCC(=O)NC3=CCC12C. The van der Waals surface area contributed by atoms with Gasteiger partial charge in [0.2, 0.25) is 5.91 Å². The Kier molecular flexibility index (Phi) is 3.26. The molecule has 0 radical (unpaired) electrons. The second kappa shape index (κ2) is 4.71. The monoisotopic (exact) mass is 275 g/mol. The molecule has 3 heteroatoms. The topological polar surface area (TPSA) is 46.2 Å². The van der Waals surface area contributed by atoms with Gasteiger partial charge < -0.3 is 5.32 Å². The summed E-state index contributed by atoms with van der Waals surface area (Å²) in [6, 6.07) is 0. The number of amides is 1. The van der Waals surface area contributed by atoms with Crippen molar-refractivity contribution in [1.82, 2.24) is 5.32 Å². The molecular weight excluding hydrogens is 250 g/mol. The fraction of sp³-hybridized carbons (Fsp3) is 0.765. The smallest absolute Gasteiger partial charge is 0.224 e. The molecule has 3 aliphatic rings. The van der Waals surface area contributed by atoms with Gasteiger partial charge in [-0.05, 0) is 49.9 Å². The molecule has 3 nitrogen and oxygen atoms in total. The van der Waals surface area contributed by atoms with Crippen LogP contribution in [0.2, 0.25) is 0 Å². The number of hydrogen-bond donors (Lipinski definition) is 1. The average Bonchev–Trinajstić information content (AvgIpc) is 2.75. The van der Waals surface area contributed by atoms with Crippen molar-refractivity contribution in [3.63, 3.8) is 0 Å². The maximum absolute atomic E-state index is 11.8. The minimum absolute atomic E-state index is 0.165. The summed E-state index contributed by atoms with van der Waals surface area (Å²) in [7, 11) is 0. The molecule has 0 aromatic rings. The zero-order valence-electron chi connectivity index (χ0n) is 12.7. The summed E-state index contributed by atoms with van der Waals surface area (Å²) in [5.74, 6) is 2.30. The van der Waals surface area contributed by atoms with Gasteiger partial charge in [-0.1, -0.05) is 19.9 Å². The molecule has 20 heavy (non-hydrogen) atoms. The Morgan fingerprint density at radius 1 is 1.40 bits per heavy atom. The van der Waals surface area contributed by atoms with Crippen molar-refractivity contribution in [3.05, 3.63) is 11.8 Å². The van der Waals surface area contributed by atoms with Crippen LogP contribution >= 0.6 is 0 Å². The van der Waals surface area contributed by atoms with Gasteiger partial charge in [0.05, 0.1) is 0 Å². The van der Waals surface area contributed by atoms with Gasteiger partial charge in [0, 0.05) is 24.0 Å². The second-order valence-electron chi connectivity index (χ2n) is 7.25. The summed E-state index contributed by atoms with van der Waals surface area (Å²) in [5.41, 5.74) is 1.40. The lowest BCUT2D eigenvalue weighted by Crippen LogP contribution is -2.45. The van der Waals surface area contributed by atoms with Crippen LogP contribution in [-0.4, -0.2) is 11.7 Å². The molecule has 1 N–H and O–H groups in total. The number of carbonyl (C=O) groups is 2. The van der Waals surface area contributed by atoms with Gasteiger partial charge in [-0.3, -0.25) is 9.59 Å². The summed E-state index contributed by atoms with van der Waals surface area (Å²) in [6.07, 6.45) is 7.25. The van der Waals surface area contributed by atoms with E-state index in [4.69, 9.17) is 0 Å². The predicted molar refractivity (Wildman–Crippen MR) is 77.7 cm³/mol. The standard InChI is InChI=1S/C17H25NO2/c1-10(11(2)19)13-5-6-14-12-4-7-16(20)18-15(12)8-9-17(13,14)3/h8,10,12-14H,4-7,9H2,1-3H3,(H,18,20). The summed E-state index contributed by atoms with van der Waals surface area (Å²) in [5, 5.41) is 3.07. The Morgan fingerprint density at radius 2 is 2.15 bits per heavy atom. The maximum Gasteiger partial charge on any atom is 0.224 e. The van der Waals surface area contributed by atoms with E-state index in [0.717, 1.165) is 19.3 Å². The van der Waals surface area contributed by atoms with Crippen molar-refractivity contribution in [2.75, 3.05) is 0 Å². The highest BCUT2D eigenvalue weighted by Gasteiger charge is 2.54. The van der Waals surface area contributed by atoms with Crippen molar-refractivity contribution >= 4 is 11.7 Å². The van der Waals surface area contributed by atoms with E-state index in [9.17, 15) is 9.59 Å². The summed E-state index contributed by atoms with van der Waals surface area (Å²) in [6.45, 7) is 6.20. The Balaban J connectivity index is 1.89. The Bertz CT molecular complexity index is 481. The van der Waals surface area contributed by atoms with Gasteiger partial charge in [0.1, 0.15) is 5.78 Å². The minimum atomic E-state index is 0.165. The zero-order valence-corrected chi connectivity index (χ0v) is 12.7. The molecule has 0 spiro atoms. The molecule has 2 fully saturated rings. The molecule has 3 rings (SSSR count). The molecule has 1 aliphatic heterocycles. The van der Waals surface area contributed by atoms with Crippen molar-refractivity contribution in [3.8, 4) is 0 Å². The van der Waals surface area contributed by atoms with Gasteiger partial charge in [0.25, 0.3) is 0 Å². The lowest BCUT2D eigenvalue weighted by molar-refractivity contribution is -0.123. The normalized spacial score (nSPS) is 41.2. The van der Waals surface area contributed by atoms with Crippen LogP contribution in [0, 0.1) is 29.1 Å². The zero-order chi connectivity index (χ0) is 14.5. The molecule has 1 saturated heterocycles. The van der Waals surface area contributed by atoms with Gasteiger partial charge in [0.15, 0.2) is 0 Å². The molecule has 110 valence electrons. The largest absolute Gasteiger partial charge is 0.330 e. The van der Waals surface area contributed by atoms with Gasteiger partial charge in [-0.2, -0.15) is 0 Å². The van der Waals surface area contributed by atoms with Crippen LogP contribution in [0.1, 0.15) is 52.9 Å². The third kappa shape index (κ3) is 1.94. The lowest BCUT2D eigenvalue weighted by Gasteiger charge is -2.47. The van der Waals surface area contributed by atoms with Crippen LogP contribution < -0.4 is 5.32 Å². The third-order valence-electron chi connectivity index (χ3n) is 6.34. The lowest BCUT2D eigenvalue weighted by atomic mass is 9.59. The number of nitrogens with one attached hydrogen (secondary N) is 1. The van der Waals surface area contributed by atoms with Crippen molar-refractivity contribution in [2.24, 2.45) is 29.1 Å². The molecular formula is C17H25NO2. The number of ketones is 1. The van der Waals surface area contributed by atoms with Gasteiger partial charge in [-0.15, -0.1) is 0 Å². The first-order valence-electron chi connectivity index (χ1n) is 7.94. The maximum atomic E-state index is 11.8. The Morgan fingerprint density at radius 3 is 2.85 bits per heavy atom. The van der Waals surface area contributed by atoms with Crippen LogP contribution in [0.15, 0.2) is 11.8 Å². The fourth-order valence-corrected chi connectivity index (χ4v) is 5.07. The molecule has 1 saturated carbocycles. The number of rotatable bonds is 2. The Hall–Kier alpha value is -1.12. The number of piperidine rings is 1. The van der Waals surface area contributed by atoms with E-state index in [1.807, 2.05) is 0 Å². The molecule has 5 unspecified atom stereocenters. The molecule has 5 atom stereocenters. The van der Waals surface area contributed by atoms with E-state index < -0.39 is 0 Å². The second-order valence-corrected chi connectivity index (χ2v) is 7.25. The third-order valence-corrected chi connectivity index (χ3v) is 6.34. The van der Waals surface area contributed by atoms with Crippen LogP contribution in [0.4, 0.5) is 0 Å². The molecule has 0 bridgehead atoms. The quantitative estimate of drug-likeness (QED) is 0.842. The molecule has 1 heterocycles.